The Morgan fingerprint density at radius 2 is 1.74 bits per heavy atom. The minimum absolute atomic E-state index is 0.166. The number of hydrogen-bond acceptors (Lipinski definition) is 5. The summed E-state index contributed by atoms with van der Waals surface area (Å²) in [6.07, 6.45) is -4.72. The Morgan fingerprint density at radius 3 is 2.31 bits per heavy atom. The van der Waals surface area contributed by atoms with Crippen molar-refractivity contribution < 1.29 is 46.2 Å². The molecule has 1 aliphatic heterocycles. The minimum atomic E-state index is -5.13. The van der Waals surface area contributed by atoms with Gasteiger partial charge in [0.05, 0.1) is 6.61 Å². The highest BCUT2D eigenvalue weighted by Gasteiger charge is 2.54. The second kappa shape index (κ2) is 10.2. The number of benzene rings is 2. The van der Waals surface area contributed by atoms with E-state index in [1.165, 1.54) is 18.0 Å². The van der Waals surface area contributed by atoms with Crippen LogP contribution in [-0.2, 0) is 33.8 Å². The van der Waals surface area contributed by atoms with Gasteiger partial charge in [-0.1, -0.05) is 6.07 Å². The van der Waals surface area contributed by atoms with E-state index < -0.39 is 72.7 Å². The third-order valence-corrected chi connectivity index (χ3v) is 6.86. The molecule has 1 unspecified atom stereocenters. The van der Waals surface area contributed by atoms with Crippen LogP contribution < -0.4 is 10.6 Å². The summed E-state index contributed by atoms with van der Waals surface area (Å²) in [6.45, 7) is -3.25. The van der Waals surface area contributed by atoms with Crippen molar-refractivity contribution in [3.63, 3.8) is 0 Å². The summed E-state index contributed by atoms with van der Waals surface area (Å²) in [6, 6.07) is 6.28. The molecule has 1 spiro atoms. The zero-order chi connectivity index (χ0) is 28.7. The monoisotopic (exact) mass is 554 g/mol. The normalized spacial score (nSPS) is 19.2. The van der Waals surface area contributed by atoms with E-state index in [0.29, 0.717) is 16.5 Å². The summed E-state index contributed by atoms with van der Waals surface area (Å²) < 4.78 is 67.3. The molecular weight excluding hydrogens is 531 g/mol. The number of hydrogen-bond donors (Lipinski definition) is 3. The molecule has 0 radical (unpaired) electrons. The average Bonchev–Trinajstić information content (AvgIpc) is 3.30. The molecule has 2 atom stereocenters. The molecule has 39 heavy (non-hydrogen) atoms. The van der Waals surface area contributed by atoms with Crippen LogP contribution in [0.4, 0.5) is 32.4 Å². The number of rotatable bonds is 7. The second-order valence-corrected chi connectivity index (χ2v) is 9.48. The molecule has 5 amide bonds. The lowest BCUT2D eigenvalue weighted by atomic mass is 9.95. The Kier molecular flexibility index (Phi) is 7.34. The van der Waals surface area contributed by atoms with Crippen LogP contribution in [0.15, 0.2) is 36.4 Å². The Hall–Kier alpha value is -4.07. The van der Waals surface area contributed by atoms with Crippen LogP contribution in [0.3, 0.4) is 0 Å². The lowest BCUT2D eigenvalue weighted by Gasteiger charge is -2.27. The molecule has 1 saturated heterocycles. The molecule has 1 fully saturated rings. The van der Waals surface area contributed by atoms with Crippen molar-refractivity contribution >= 4 is 29.4 Å². The zero-order valence-corrected chi connectivity index (χ0v) is 20.4. The van der Waals surface area contributed by atoms with E-state index in [4.69, 9.17) is 0 Å². The maximum absolute atomic E-state index is 13.6. The average molecular weight is 554 g/mol. The predicted octanol–water partition coefficient (Wildman–Crippen LogP) is 2.12. The lowest BCUT2D eigenvalue weighted by Crippen LogP contribution is -2.48. The maximum Gasteiger partial charge on any atom is 0.402 e. The number of imide groups is 1. The summed E-state index contributed by atoms with van der Waals surface area (Å²) >= 11 is 0. The number of carbonyl (C=O) groups is 4. The Bertz CT molecular complexity index is 1330. The van der Waals surface area contributed by atoms with E-state index in [1.54, 1.807) is 12.1 Å². The number of anilines is 1. The number of nitrogens with one attached hydrogen (secondary N) is 2. The number of aliphatic hydroxyl groups is 1. The number of carbonyl (C=O) groups excluding carboxylic acids is 4. The van der Waals surface area contributed by atoms with Crippen LogP contribution in [0, 0.1) is 17.6 Å². The standard InChI is InChI=1S/C25H23F5N4O5/c1-33-23(39)32-22(38)24(33)8-14-2-3-18(6-15(14)9-24)31-20(36)11-34(21(37)19(12-35)25(28,29)30)10-13-4-16(26)7-17(27)5-13/h2-7,19,35H,8-12H2,1H3,(H,31,36)(H,32,38,39)/t19?,24-/m0/s1. The minimum Gasteiger partial charge on any atom is -0.395 e. The first-order chi connectivity index (χ1) is 18.2. The van der Waals surface area contributed by atoms with Gasteiger partial charge in [0.15, 0.2) is 5.92 Å². The first-order valence-corrected chi connectivity index (χ1v) is 11.7. The van der Waals surface area contributed by atoms with Gasteiger partial charge in [0.1, 0.15) is 23.7 Å². The summed E-state index contributed by atoms with van der Waals surface area (Å²) in [5, 5.41) is 13.9. The van der Waals surface area contributed by atoms with Crippen molar-refractivity contribution in [1.82, 2.24) is 15.1 Å². The van der Waals surface area contributed by atoms with Gasteiger partial charge in [-0.3, -0.25) is 19.7 Å². The number of fused-ring (bicyclic) bond motifs is 1. The molecule has 14 heteroatoms. The van der Waals surface area contributed by atoms with E-state index in [9.17, 15) is 46.2 Å². The third-order valence-electron chi connectivity index (χ3n) is 6.86. The topological polar surface area (TPSA) is 119 Å². The molecule has 1 aliphatic carbocycles. The molecule has 0 aromatic heterocycles. The van der Waals surface area contributed by atoms with Gasteiger partial charge in [0, 0.05) is 38.2 Å². The molecule has 3 N–H and O–H groups in total. The molecule has 0 saturated carbocycles. The van der Waals surface area contributed by atoms with E-state index in [0.717, 1.165) is 17.7 Å². The highest BCUT2D eigenvalue weighted by molar-refractivity contribution is 6.07. The Labute approximate surface area is 218 Å². The fourth-order valence-electron chi connectivity index (χ4n) is 4.83. The number of halogens is 5. The van der Waals surface area contributed by atoms with Crippen LogP contribution in [0.25, 0.3) is 0 Å². The second-order valence-electron chi connectivity index (χ2n) is 9.48. The first kappa shape index (κ1) is 28.0. The van der Waals surface area contributed by atoms with Crippen LogP contribution in [0.5, 0.6) is 0 Å². The molecular formula is C25H23F5N4O5. The summed E-state index contributed by atoms with van der Waals surface area (Å²) in [4.78, 5) is 51.6. The van der Waals surface area contributed by atoms with E-state index in [-0.39, 0.29) is 24.1 Å². The van der Waals surface area contributed by atoms with Crippen LogP contribution >= 0.6 is 0 Å². The first-order valence-electron chi connectivity index (χ1n) is 11.7. The van der Waals surface area contributed by atoms with Crippen molar-refractivity contribution in [2.45, 2.75) is 31.1 Å². The molecule has 2 aromatic rings. The summed E-state index contributed by atoms with van der Waals surface area (Å²) in [7, 11) is 1.49. The van der Waals surface area contributed by atoms with Crippen LogP contribution in [0.2, 0.25) is 0 Å². The van der Waals surface area contributed by atoms with Crippen molar-refractivity contribution in [2.24, 2.45) is 5.92 Å². The third kappa shape index (κ3) is 5.55. The SMILES string of the molecule is CN1C(=O)NC(=O)[C@@]12Cc1ccc(NC(=O)CN(Cc3cc(F)cc(F)c3)C(=O)C(CO)C(F)(F)F)cc1C2. The van der Waals surface area contributed by atoms with Crippen LogP contribution in [-0.4, -0.2) is 70.6 Å². The summed E-state index contributed by atoms with van der Waals surface area (Å²) in [5.74, 6) is -7.94. The molecule has 208 valence electrons. The van der Waals surface area contributed by atoms with Crippen molar-refractivity contribution in [3.05, 3.63) is 64.7 Å². The Morgan fingerprint density at radius 1 is 1.10 bits per heavy atom. The predicted molar refractivity (Wildman–Crippen MR) is 125 cm³/mol. The van der Waals surface area contributed by atoms with Gasteiger partial charge < -0.3 is 20.2 Å². The highest BCUT2D eigenvalue weighted by atomic mass is 19.4. The molecule has 9 nitrogen and oxygen atoms in total. The van der Waals surface area contributed by atoms with Gasteiger partial charge >= 0.3 is 12.2 Å². The highest BCUT2D eigenvalue weighted by Crippen LogP contribution is 2.38. The van der Waals surface area contributed by atoms with Gasteiger partial charge in [-0.05, 0) is 41.0 Å². The zero-order valence-electron chi connectivity index (χ0n) is 20.4. The number of amides is 5. The lowest BCUT2D eigenvalue weighted by molar-refractivity contribution is -0.196. The van der Waals surface area contributed by atoms with Gasteiger partial charge in [-0.2, -0.15) is 13.2 Å². The molecule has 2 aliphatic rings. The van der Waals surface area contributed by atoms with Crippen molar-refractivity contribution in [2.75, 3.05) is 25.5 Å². The van der Waals surface area contributed by atoms with E-state index >= 15 is 0 Å². The summed E-state index contributed by atoms with van der Waals surface area (Å²) in [5.41, 5.74) is 0.309. The number of nitrogens with zero attached hydrogens (tertiary/aromatic N) is 2. The number of aliphatic hydroxyl groups excluding tert-OH is 1. The van der Waals surface area contributed by atoms with Crippen molar-refractivity contribution in [1.29, 1.82) is 0 Å². The number of alkyl halides is 3. The Balaban J connectivity index is 1.53. The van der Waals surface area contributed by atoms with Gasteiger partial charge in [0.2, 0.25) is 11.8 Å². The van der Waals surface area contributed by atoms with Crippen molar-refractivity contribution in [3.8, 4) is 0 Å². The maximum atomic E-state index is 13.6. The van der Waals surface area contributed by atoms with E-state index in [2.05, 4.69) is 10.6 Å². The molecule has 2 aromatic carbocycles. The van der Waals surface area contributed by atoms with Gasteiger partial charge in [0.25, 0.3) is 5.91 Å². The molecule has 1 heterocycles. The quantitative estimate of drug-likeness (QED) is 0.358. The number of urea groups is 1. The van der Waals surface area contributed by atoms with Gasteiger partial charge in [-0.15, -0.1) is 0 Å². The fraction of sp³-hybridized carbons (Fsp3) is 0.360. The smallest absolute Gasteiger partial charge is 0.395 e. The largest absolute Gasteiger partial charge is 0.402 e. The van der Waals surface area contributed by atoms with Gasteiger partial charge in [-0.25, -0.2) is 13.6 Å². The van der Waals surface area contributed by atoms with E-state index in [1.807, 2.05) is 0 Å². The molecule has 4 rings (SSSR count). The fourth-order valence-corrected chi connectivity index (χ4v) is 4.83. The number of likely N-dealkylation sites (N-methyl/N-ethyl adjacent to an activating group) is 1. The van der Waals surface area contributed by atoms with Crippen LogP contribution in [0.1, 0.15) is 16.7 Å². The molecule has 0 bridgehead atoms.